The van der Waals surface area contributed by atoms with E-state index < -0.39 is 144 Å². The van der Waals surface area contributed by atoms with E-state index in [2.05, 4.69) is 0 Å². The van der Waals surface area contributed by atoms with Gasteiger partial charge >= 0.3 is 0 Å². The van der Waals surface area contributed by atoms with Crippen LogP contribution in [0.4, 0.5) is 0 Å². The van der Waals surface area contributed by atoms with Crippen LogP contribution in [0.15, 0.2) is 0 Å². The summed E-state index contributed by atoms with van der Waals surface area (Å²) in [6, 6.07) is 0. The van der Waals surface area contributed by atoms with Crippen molar-refractivity contribution in [2.45, 2.75) is 132 Å². The topological polar surface area (TPSA) is 326 Å². The molecule has 51 heavy (non-hydrogen) atoms. The summed E-state index contributed by atoms with van der Waals surface area (Å²) < 4.78 is 48.4. The first-order valence-corrected chi connectivity index (χ1v) is 16.6. The minimum Gasteiger partial charge on any atom is -0.394 e. The van der Waals surface area contributed by atoms with Gasteiger partial charge in [0.15, 0.2) is 25.2 Å². The summed E-state index contributed by atoms with van der Waals surface area (Å²) in [4.78, 5) is 0. The van der Waals surface area contributed by atoms with Gasteiger partial charge in [0.25, 0.3) is 0 Å². The first kappa shape index (κ1) is 48.2. The standard InChI is InChI=1S/C30H60O21/c1-6-44-10-18(38)28(49-20(7-31)14(2)34)46-12-19(39)29(50-21(8-32)15(3)35)45-11-17(37)27(42)48-23(16(4)36)13-47-30-25(41)26(43-5)24(40)22(9-33)51-30/h14-42H,6-13H2,1-5H3/t14-,15-,16-,17-,18-,19-,20?,21?,22?,23?,24?,25?,26?,27?,28?,29?,30?/m0/s1. The maximum Gasteiger partial charge on any atom is 0.186 e. The van der Waals surface area contributed by atoms with E-state index in [4.69, 9.17) is 42.6 Å². The highest BCUT2D eigenvalue weighted by molar-refractivity contribution is 4.90. The molecule has 0 aromatic rings. The Morgan fingerprint density at radius 3 is 1.55 bits per heavy atom. The normalized spacial score (nSPS) is 28.5. The van der Waals surface area contributed by atoms with Crippen molar-refractivity contribution < 1.29 is 104 Å². The highest BCUT2D eigenvalue weighted by atomic mass is 16.7. The lowest BCUT2D eigenvalue weighted by Gasteiger charge is -2.41. The summed E-state index contributed by atoms with van der Waals surface area (Å²) in [7, 11) is 1.22. The summed E-state index contributed by atoms with van der Waals surface area (Å²) in [5.41, 5.74) is 0. The van der Waals surface area contributed by atoms with Crippen LogP contribution in [0.1, 0.15) is 27.7 Å². The maximum absolute atomic E-state index is 10.9. The van der Waals surface area contributed by atoms with Gasteiger partial charge in [-0.2, -0.15) is 0 Å². The molecule has 17 atom stereocenters. The van der Waals surface area contributed by atoms with Crippen LogP contribution >= 0.6 is 0 Å². The summed E-state index contributed by atoms with van der Waals surface area (Å²) in [6.45, 7) is 1.43. The molecule has 1 aliphatic rings. The van der Waals surface area contributed by atoms with E-state index in [0.29, 0.717) is 0 Å². The largest absolute Gasteiger partial charge is 0.394 e. The van der Waals surface area contributed by atoms with Gasteiger partial charge in [-0.15, -0.1) is 0 Å². The summed E-state index contributed by atoms with van der Waals surface area (Å²) in [5.74, 6) is 0. The second-order valence-electron chi connectivity index (χ2n) is 12.0. The molecule has 21 nitrogen and oxygen atoms in total. The van der Waals surface area contributed by atoms with Gasteiger partial charge in [0.2, 0.25) is 0 Å². The lowest BCUT2D eigenvalue weighted by Crippen LogP contribution is -2.60. The average molecular weight is 757 g/mol. The first-order chi connectivity index (χ1) is 24.1. The predicted octanol–water partition coefficient (Wildman–Crippen LogP) is -6.14. The molecule has 0 amide bonds. The number of rotatable bonds is 28. The maximum atomic E-state index is 10.9. The molecule has 0 spiro atoms. The monoisotopic (exact) mass is 756 g/mol. The van der Waals surface area contributed by atoms with Gasteiger partial charge in [-0.25, -0.2) is 0 Å². The number of aliphatic hydroxyl groups is 12. The zero-order chi connectivity index (χ0) is 38.8. The molecular weight excluding hydrogens is 696 g/mol. The quantitative estimate of drug-likeness (QED) is 0.0331. The minimum absolute atomic E-state index is 0.226. The van der Waals surface area contributed by atoms with Crippen molar-refractivity contribution >= 4 is 0 Å². The molecule has 0 aromatic heterocycles. The van der Waals surface area contributed by atoms with Crippen molar-refractivity contribution in [1.82, 2.24) is 0 Å². The van der Waals surface area contributed by atoms with E-state index in [9.17, 15) is 61.3 Å². The molecular formula is C30H60O21. The number of hydrogen-bond acceptors (Lipinski definition) is 21. The van der Waals surface area contributed by atoms with Crippen molar-refractivity contribution in [1.29, 1.82) is 0 Å². The van der Waals surface area contributed by atoms with Gasteiger partial charge in [0.05, 0.1) is 64.6 Å². The Morgan fingerprint density at radius 1 is 0.627 bits per heavy atom. The Hall–Kier alpha value is -0.840. The SMILES string of the molecule is CCOC[C@H](O)C(OC[C@H](O)C(OC[C@H](O)C(O)OC(COC1OC(CO)C(O)C(OC)C1O)[C@H](C)O)OC(CO)[C@H](C)O)OC(CO)[C@H](C)O. The minimum atomic E-state index is -2.06. The average Bonchev–Trinajstić information content (AvgIpc) is 3.09. The molecule has 12 N–H and O–H groups in total. The van der Waals surface area contributed by atoms with Crippen molar-refractivity contribution in [3.8, 4) is 0 Å². The van der Waals surface area contributed by atoms with E-state index in [-0.39, 0.29) is 13.2 Å². The third-order valence-corrected chi connectivity index (χ3v) is 7.74. The van der Waals surface area contributed by atoms with Gasteiger partial charge in [0.1, 0.15) is 61.0 Å². The zero-order valence-corrected chi connectivity index (χ0v) is 29.5. The Labute approximate surface area is 296 Å². The van der Waals surface area contributed by atoms with Crippen LogP contribution in [0.25, 0.3) is 0 Å². The van der Waals surface area contributed by atoms with Crippen LogP contribution in [0.2, 0.25) is 0 Å². The summed E-state index contributed by atoms with van der Waals surface area (Å²) in [5, 5.41) is 122. The molecule has 306 valence electrons. The third-order valence-electron chi connectivity index (χ3n) is 7.74. The Morgan fingerprint density at radius 2 is 1.12 bits per heavy atom. The summed E-state index contributed by atoms with van der Waals surface area (Å²) >= 11 is 0. The van der Waals surface area contributed by atoms with E-state index in [1.807, 2.05) is 0 Å². The fourth-order valence-corrected chi connectivity index (χ4v) is 4.53. The zero-order valence-electron chi connectivity index (χ0n) is 29.5. The van der Waals surface area contributed by atoms with Gasteiger partial charge in [-0.1, -0.05) is 0 Å². The predicted molar refractivity (Wildman–Crippen MR) is 168 cm³/mol. The molecule has 21 heteroatoms. The Kier molecular flexibility index (Phi) is 23.9. The van der Waals surface area contributed by atoms with Crippen molar-refractivity contribution in [3.05, 3.63) is 0 Å². The highest BCUT2D eigenvalue weighted by Crippen LogP contribution is 2.25. The fraction of sp³-hybridized carbons (Fsp3) is 1.00. The second kappa shape index (κ2) is 25.3. The lowest BCUT2D eigenvalue weighted by atomic mass is 9.99. The molecule has 1 heterocycles. The van der Waals surface area contributed by atoms with Crippen LogP contribution < -0.4 is 0 Å². The van der Waals surface area contributed by atoms with E-state index >= 15 is 0 Å². The van der Waals surface area contributed by atoms with Gasteiger partial charge in [0, 0.05) is 13.7 Å². The van der Waals surface area contributed by atoms with Gasteiger partial charge < -0.3 is 104 Å². The van der Waals surface area contributed by atoms with Crippen LogP contribution in [-0.2, 0) is 42.6 Å². The Balaban J connectivity index is 2.97. The molecule has 0 bridgehead atoms. The lowest BCUT2D eigenvalue weighted by molar-refractivity contribution is -0.316. The summed E-state index contributed by atoms with van der Waals surface area (Å²) in [6.07, 6.45) is -24.8. The van der Waals surface area contributed by atoms with Crippen LogP contribution in [-0.4, -0.2) is 226 Å². The van der Waals surface area contributed by atoms with E-state index in [1.54, 1.807) is 6.92 Å². The van der Waals surface area contributed by atoms with Crippen molar-refractivity contribution in [2.75, 3.05) is 60.0 Å². The van der Waals surface area contributed by atoms with Gasteiger partial charge in [-0.3, -0.25) is 0 Å². The molecule has 1 fully saturated rings. The molecule has 0 aromatic carbocycles. The highest BCUT2D eigenvalue weighted by Gasteiger charge is 2.45. The number of ether oxygens (including phenoxy) is 9. The number of methoxy groups -OCH3 is 1. The molecule has 0 radical (unpaired) electrons. The Bertz CT molecular complexity index is 872. The van der Waals surface area contributed by atoms with Crippen molar-refractivity contribution in [2.24, 2.45) is 0 Å². The van der Waals surface area contributed by atoms with Crippen LogP contribution in [0.3, 0.4) is 0 Å². The molecule has 1 saturated heterocycles. The molecule has 11 unspecified atom stereocenters. The molecule has 1 aliphatic heterocycles. The smallest absolute Gasteiger partial charge is 0.186 e. The van der Waals surface area contributed by atoms with Crippen LogP contribution in [0.5, 0.6) is 0 Å². The van der Waals surface area contributed by atoms with Crippen LogP contribution in [0, 0.1) is 0 Å². The first-order valence-electron chi connectivity index (χ1n) is 16.6. The van der Waals surface area contributed by atoms with E-state index in [1.165, 1.54) is 27.9 Å². The van der Waals surface area contributed by atoms with Gasteiger partial charge in [-0.05, 0) is 27.7 Å². The molecule has 1 rings (SSSR count). The molecule has 0 saturated carbocycles. The second-order valence-corrected chi connectivity index (χ2v) is 12.0. The third kappa shape index (κ3) is 16.2. The molecule has 0 aliphatic carbocycles. The number of aliphatic hydroxyl groups excluding tert-OH is 12. The fourth-order valence-electron chi connectivity index (χ4n) is 4.53. The van der Waals surface area contributed by atoms with E-state index in [0.717, 1.165) is 0 Å². The number of hydrogen-bond donors (Lipinski definition) is 12. The van der Waals surface area contributed by atoms with Crippen molar-refractivity contribution in [3.63, 3.8) is 0 Å².